The number of nitrogens with zero attached hydrogens (tertiary/aromatic N) is 4. The molecule has 1 amide bonds. The van der Waals surface area contributed by atoms with E-state index in [2.05, 4.69) is 61.8 Å². The Balaban J connectivity index is 0.00000133. The summed E-state index contributed by atoms with van der Waals surface area (Å²) in [5.41, 5.74) is 5.33. The zero-order valence-corrected chi connectivity index (χ0v) is 22.6. The first-order chi connectivity index (χ1) is 16.4. The molecule has 184 valence electrons. The van der Waals surface area contributed by atoms with Gasteiger partial charge in [-0.1, -0.05) is 52.0 Å². The van der Waals surface area contributed by atoms with Crippen LogP contribution in [0.15, 0.2) is 12.1 Å². The van der Waals surface area contributed by atoms with Crippen LogP contribution in [0, 0.1) is 0 Å². The number of piperazine rings is 1. The zero-order chi connectivity index (χ0) is 24.5. The van der Waals surface area contributed by atoms with E-state index >= 15 is 0 Å². The molecule has 2 aromatic rings. The molecule has 3 aliphatic heterocycles. The number of carbonyl (C=O) groups is 1. The van der Waals surface area contributed by atoms with E-state index in [4.69, 9.17) is 4.37 Å². The predicted octanol–water partition coefficient (Wildman–Crippen LogP) is 3.71. The number of amides is 1. The third kappa shape index (κ3) is 4.55. The monoisotopic (exact) mass is 480 g/mol. The van der Waals surface area contributed by atoms with Gasteiger partial charge in [0.15, 0.2) is 0 Å². The molecule has 1 aromatic carbocycles. The van der Waals surface area contributed by atoms with Gasteiger partial charge in [0.25, 0.3) is 0 Å². The maximum atomic E-state index is 12.5. The quantitative estimate of drug-likeness (QED) is 0.669. The Bertz CT molecular complexity index is 1160. The number of hydrogen-bond acceptors (Lipinski definition) is 5. The van der Waals surface area contributed by atoms with Crippen LogP contribution in [0.5, 0.6) is 0 Å². The van der Waals surface area contributed by atoms with Crippen LogP contribution < -0.4 is 19.6 Å². The minimum Gasteiger partial charge on any atom is -0.353 e. The van der Waals surface area contributed by atoms with E-state index in [1.165, 1.54) is 32.1 Å². The Morgan fingerprint density at radius 3 is 2.47 bits per heavy atom. The highest BCUT2D eigenvalue weighted by Gasteiger charge is 2.40. The van der Waals surface area contributed by atoms with Crippen LogP contribution in [0.4, 0.5) is 11.5 Å². The Labute approximate surface area is 208 Å². The highest BCUT2D eigenvalue weighted by molar-refractivity contribution is 7.03. The highest BCUT2D eigenvalue weighted by Crippen LogP contribution is 2.45. The van der Waals surface area contributed by atoms with Crippen molar-refractivity contribution in [1.29, 1.82) is 0 Å². The first-order valence-electron chi connectivity index (χ1n) is 12.9. The first-order valence-corrected chi connectivity index (χ1v) is 13.7. The Morgan fingerprint density at radius 2 is 1.79 bits per heavy atom. The van der Waals surface area contributed by atoms with Gasteiger partial charge in [-0.2, -0.15) is 4.37 Å². The maximum absolute atomic E-state index is 12.5. The van der Waals surface area contributed by atoms with Gasteiger partial charge in [0.1, 0.15) is 5.82 Å². The van der Waals surface area contributed by atoms with E-state index < -0.39 is 0 Å². The molecule has 4 heterocycles. The Kier molecular flexibility index (Phi) is 7.48. The van der Waals surface area contributed by atoms with Crippen molar-refractivity contribution in [1.82, 2.24) is 9.27 Å². The first kappa shape index (κ1) is 24.9. The molecule has 0 unspecified atom stereocenters. The molecule has 3 aliphatic rings. The predicted molar refractivity (Wildman–Crippen MR) is 145 cm³/mol. The number of carbonyl (C=O) groups excluding carboxylic acids is 1. The average Bonchev–Trinajstić information content (AvgIpc) is 3.47. The van der Waals surface area contributed by atoms with Crippen LogP contribution in [-0.4, -0.2) is 54.4 Å². The van der Waals surface area contributed by atoms with Crippen molar-refractivity contribution >= 4 is 41.1 Å². The number of hydrogen-bond donors (Lipinski definition) is 0. The van der Waals surface area contributed by atoms with E-state index in [0.717, 1.165) is 57.9 Å². The van der Waals surface area contributed by atoms with Gasteiger partial charge in [0.05, 0.1) is 10.2 Å². The van der Waals surface area contributed by atoms with Crippen molar-refractivity contribution in [2.75, 3.05) is 49.1 Å². The zero-order valence-electron chi connectivity index (χ0n) is 21.8. The molecule has 1 fully saturated rings. The van der Waals surface area contributed by atoms with Crippen LogP contribution in [0.1, 0.15) is 64.7 Å². The number of aromatic nitrogens is 1. The molecule has 0 aliphatic carbocycles. The van der Waals surface area contributed by atoms with Crippen LogP contribution >= 0.6 is 11.5 Å². The Morgan fingerprint density at radius 1 is 1.06 bits per heavy atom. The summed E-state index contributed by atoms with van der Waals surface area (Å²) < 4.78 is 6.01. The van der Waals surface area contributed by atoms with Crippen LogP contribution in [0.25, 0.3) is 12.2 Å². The number of rotatable bonds is 4. The van der Waals surface area contributed by atoms with Crippen LogP contribution in [-0.2, 0) is 23.1 Å². The molecular formula is C28H40N4OS. The van der Waals surface area contributed by atoms with E-state index in [-0.39, 0.29) is 5.41 Å². The van der Waals surface area contributed by atoms with Crippen molar-refractivity contribution in [2.45, 2.75) is 66.2 Å². The van der Waals surface area contributed by atoms with Gasteiger partial charge in [0.2, 0.25) is 5.91 Å². The molecule has 0 radical (unpaired) electrons. The van der Waals surface area contributed by atoms with E-state index in [1.54, 1.807) is 11.5 Å². The lowest BCUT2D eigenvalue weighted by atomic mass is 9.76. The van der Waals surface area contributed by atoms with Crippen LogP contribution in [0.2, 0.25) is 0 Å². The SMILES string of the molecule is C/C=c1/c(N2CCN(CCc3cc4c5c(c3)C(C)(C)CC(=O)N5CC4)CC2)ns/c1=C/C.CC. The summed E-state index contributed by atoms with van der Waals surface area (Å²) in [6.07, 6.45) is 7.04. The largest absolute Gasteiger partial charge is 0.353 e. The summed E-state index contributed by atoms with van der Waals surface area (Å²) in [6.45, 7) is 18.8. The molecule has 1 aromatic heterocycles. The molecule has 0 saturated carbocycles. The standard InChI is InChI=1S/C26H34N4OS.C2H6/c1-5-20-22(6-2)32-27-25(20)29-13-11-28(12-14-29)9-7-18-15-19-8-10-30-23(31)17-26(3,4)21(16-18)24(19)30;1-2/h5-6,15-16H,7-14,17H2,1-4H3;1-2H3/b20-5+,22-6+;. The fourth-order valence-corrected chi connectivity index (χ4v) is 6.38. The lowest BCUT2D eigenvalue weighted by Gasteiger charge is -2.37. The smallest absolute Gasteiger partial charge is 0.227 e. The lowest BCUT2D eigenvalue weighted by Crippen LogP contribution is -2.48. The molecule has 0 bridgehead atoms. The van der Waals surface area contributed by atoms with Gasteiger partial charge < -0.3 is 9.80 Å². The third-order valence-corrected chi connectivity index (χ3v) is 8.34. The summed E-state index contributed by atoms with van der Waals surface area (Å²) in [5.74, 6) is 1.45. The maximum Gasteiger partial charge on any atom is 0.227 e. The van der Waals surface area contributed by atoms with E-state index in [9.17, 15) is 4.79 Å². The van der Waals surface area contributed by atoms with Gasteiger partial charge in [-0.15, -0.1) is 0 Å². The molecule has 0 spiro atoms. The van der Waals surface area contributed by atoms with Crippen molar-refractivity contribution in [3.63, 3.8) is 0 Å². The summed E-state index contributed by atoms with van der Waals surface area (Å²) in [6, 6.07) is 4.76. The fraction of sp³-hybridized carbons (Fsp3) is 0.571. The second kappa shape index (κ2) is 10.2. The third-order valence-electron chi connectivity index (χ3n) is 7.42. The van der Waals surface area contributed by atoms with Crippen molar-refractivity contribution in [3.8, 4) is 0 Å². The molecule has 5 nitrogen and oxygen atoms in total. The van der Waals surface area contributed by atoms with Crippen molar-refractivity contribution < 1.29 is 4.79 Å². The molecular weight excluding hydrogens is 440 g/mol. The summed E-state index contributed by atoms with van der Waals surface area (Å²) in [5, 5.41) is 1.29. The van der Waals surface area contributed by atoms with Gasteiger partial charge in [0, 0.05) is 56.3 Å². The Hall–Kier alpha value is -2.18. The fourth-order valence-electron chi connectivity index (χ4n) is 5.57. The topological polar surface area (TPSA) is 39.7 Å². The number of anilines is 2. The second-order valence-corrected chi connectivity index (χ2v) is 10.8. The molecule has 0 N–H and O–H groups in total. The summed E-state index contributed by atoms with van der Waals surface area (Å²) in [7, 11) is 0. The van der Waals surface area contributed by atoms with Gasteiger partial charge in [-0.05, 0) is 54.9 Å². The van der Waals surface area contributed by atoms with Crippen molar-refractivity contribution in [2.24, 2.45) is 0 Å². The molecule has 0 atom stereocenters. The van der Waals surface area contributed by atoms with Crippen LogP contribution in [0.3, 0.4) is 0 Å². The minimum atomic E-state index is -0.0695. The second-order valence-electron chi connectivity index (χ2n) is 9.95. The van der Waals surface area contributed by atoms with Crippen molar-refractivity contribution in [3.05, 3.63) is 38.6 Å². The average molecular weight is 481 g/mol. The molecule has 6 heteroatoms. The van der Waals surface area contributed by atoms with Gasteiger partial charge in [-0.3, -0.25) is 9.69 Å². The normalized spacial score (nSPS) is 20.5. The highest BCUT2D eigenvalue weighted by atomic mass is 32.1. The summed E-state index contributed by atoms with van der Waals surface area (Å²) >= 11 is 1.60. The lowest BCUT2D eigenvalue weighted by molar-refractivity contribution is -0.120. The molecule has 1 saturated heterocycles. The number of benzene rings is 1. The van der Waals surface area contributed by atoms with Gasteiger partial charge >= 0.3 is 0 Å². The van der Waals surface area contributed by atoms with E-state index in [1.807, 2.05) is 18.7 Å². The van der Waals surface area contributed by atoms with E-state index in [0.29, 0.717) is 12.3 Å². The summed E-state index contributed by atoms with van der Waals surface area (Å²) in [4.78, 5) is 19.6. The van der Waals surface area contributed by atoms with Gasteiger partial charge in [-0.25, -0.2) is 0 Å². The molecule has 34 heavy (non-hydrogen) atoms. The minimum absolute atomic E-state index is 0.0695. The molecule has 5 rings (SSSR count).